The molecule has 0 N–H and O–H groups in total. The molecule has 0 bridgehead atoms. The third kappa shape index (κ3) is 5.35. The van der Waals surface area contributed by atoms with Gasteiger partial charge in [-0.25, -0.2) is 9.59 Å². The van der Waals surface area contributed by atoms with E-state index in [1.165, 1.54) is 22.7 Å². The summed E-state index contributed by atoms with van der Waals surface area (Å²) in [6, 6.07) is 0. The lowest BCUT2D eigenvalue weighted by atomic mass is 9.98. The van der Waals surface area contributed by atoms with E-state index in [1.807, 2.05) is 13.8 Å². The number of fused-ring (bicyclic) bond motifs is 1. The molecular weight excluding hydrogens is 392 g/mol. The number of hydrogen-bond acceptors (Lipinski definition) is 6. The SMILES string of the molecule is CCCCCc1c(C(=O)OCC)sc2sc(C(=O)OCC)c(CCCCC)c12. The Labute approximate surface area is 176 Å². The summed E-state index contributed by atoms with van der Waals surface area (Å²) in [7, 11) is 0. The van der Waals surface area contributed by atoms with E-state index in [4.69, 9.17) is 9.47 Å². The Morgan fingerprint density at radius 3 is 1.50 bits per heavy atom. The van der Waals surface area contributed by atoms with Crippen molar-refractivity contribution in [1.29, 1.82) is 0 Å². The molecule has 0 radical (unpaired) electrons. The summed E-state index contributed by atoms with van der Waals surface area (Å²) in [5, 5.41) is 1.12. The standard InChI is InChI=1S/C22H32O4S2/c1-5-9-11-13-15-17-16(14-12-10-6-2)19(21(24)26-8-4)28-22(17)27-18(15)20(23)25-7-3/h5-14H2,1-4H3. The van der Waals surface area contributed by atoms with Crippen LogP contribution < -0.4 is 0 Å². The second kappa shape index (κ2) is 11.6. The van der Waals surface area contributed by atoms with Gasteiger partial charge in [0.2, 0.25) is 0 Å². The summed E-state index contributed by atoms with van der Waals surface area (Å²) < 4.78 is 11.7. The van der Waals surface area contributed by atoms with Crippen LogP contribution in [-0.2, 0) is 22.3 Å². The van der Waals surface area contributed by atoms with Crippen LogP contribution in [0.1, 0.15) is 96.7 Å². The number of thiophene rings is 2. The molecule has 0 fully saturated rings. The zero-order valence-corrected chi connectivity index (χ0v) is 19.2. The number of carbonyl (C=O) groups excluding carboxylic acids is 2. The van der Waals surface area contributed by atoms with E-state index in [1.54, 1.807) is 0 Å². The van der Waals surface area contributed by atoms with Crippen LogP contribution >= 0.6 is 22.7 Å². The maximum absolute atomic E-state index is 12.6. The molecule has 0 saturated carbocycles. The smallest absolute Gasteiger partial charge is 0.348 e. The monoisotopic (exact) mass is 424 g/mol. The lowest BCUT2D eigenvalue weighted by molar-refractivity contribution is 0.0522. The molecule has 2 aromatic rings. The Morgan fingerprint density at radius 1 is 0.714 bits per heavy atom. The molecule has 0 unspecified atom stereocenters. The topological polar surface area (TPSA) is 52.6 Å². The highest BCUT2D eigenvalue weighted by molar-refractivity contribution is 7.40. The molecule has 6 heteroatoms. The van der Waals surface area contributed by atoms with Gasteiger partial charge >= 0.3 is 11.9 Å². The van der Waals surface area contributed by atoms with E-state index in [0.717, 1.165) is 71.9 Å². The van der Waals surface area contributed by atoms with Crippen LogP contribution in [0.15, 0.2) is 0 Å². The highest BCUT2D eigenvalue weighted by Crippen LogP contribution is 2.43. The second-order valence-electron chi connectivity index (χ2n) is 6.84. The average Bonchev–Trinajstić information content (AvgIpc) is 3.20. The molecule has 28 heavy (non-hydrogen) atoms. The van der Waals surface area contributed by atoms with E-state index in [0.29, 0.717) is 23.0 Å². The van der Waals surface area contributed by atoms with Crippen molar-refractivity contribution in [2.24, 2.45) is 0 Å². The number of aryl methyl sites for hydroxylation is 2. The van der Waals surface area contributed by atoms with Crippen LogP contribution in [0, 0.1) is 0 Å². The number of esters is 2. The minimum absolute atomic E-state index is 0.236. The normalized spacial score (nSPS) is 11.1. The Hall–Kier alpha value is -1.40. The van der Waals surface area contributed by atoms with Crippen molar-refractivity contribution in [2.75, 3.05) is 13.2 Å². The van der Waals surface area contributed by atoms with Crippen molar-refractivity contribution in [3.63, 3.8) is 0 Å². The molecule has 156 valence electrons. The highest BCUT2D eigenvalue weighted by atomic mass is 32.2. The molecule has 2 aromatic heterocycles. The molecule has 0 atom stereocenters. The fraction of sp³-hybridized carbons (Fsp3) is 0.636. The Bertz CT molecular complexity index is 727. The van der Waals surface area contributed by atoms with Crippen LogP contribution in [0.3, 0.4) is 0 Å². The van der Waals surface area contributed by atoms with Crippen molar-refractivity contribution < 1.29 is 19.1 Å². The Kier molecular flexibility index (Phi) is 9.45. The van der Waals surface area contributed by atoms with Crippen LogP contribution in [0.25, 0.3) is 9.40 Å². The van der Waals surface area contributed by atoms with Gasteiger partial charge < -0.3 is 9.47 Å². The van der Waals surface area contributed by atoms with E-state index >= 15 is 0 Å². The van der Waals surface area contributed by atoms with Gasteiger partial charge in [-0.3, -0.25) is 0 Å². The first kappa shape index (κ1) is 22.9. The molecule has 0 aliphatic heterocycles. The number of carbonyl (C=O) groups is 2. The van der Waals surface area contributed by atoms with Gasteiger partial charge in [0.25, 0.3) is 0 Å². The van der Waals surface area contributed by atoms with Crippen LogP contribution in [0.2, 0.25) is 0 Å². The van der Waals surface area contributed by atoms with Gasteiger partial charge in [0, 0.05) is 5.39 Å². The van der Waals surface area contributed by atoms with Crippen LogP contribution in [0.5, 0.6) is 0 Å². The van der Waals surface area contributed by atoms with Crippen molar-refractivity contribution in [3.05, 3.63) is 20.9 Å². The fourth-order valence-corrected chi connectivity index (χ4v) is 6.06. The molecule has 0 aliphatic rings. The van der Waals surface area contributed by atoms with Crippen LogP contribution in [-0.4, -0.2) is 25.2 Å². The molecule has 0 spiro atoms. The van der Waals surface area contributed by atoms with E-state index in [-0.39, 0.29) is 11.9 Å². The van der Waals surface area contributed by atoms with Crippen molar-refractivity contribution in [2.45, 2.75) is 79.1 Å². The first-order chi connectivity index (χ1) is 13.6. The maximum atomic E-state index is 12.6. The van der Waals surface area contributed by atoms with Gasteiger partial charge in [-0.2, -0.15) is 0 Å². The van der Waals surface area contributed by atoms with Crippen LogP contribution in [0.4, 0.5) is 0 Å². The summed E-state index contributed by atoms with van der Waals surface area (Å²) in [4.78, 5) is 26.5. The molecule has 2 rings (SSSR count). The van der Waals surface area contributed by atoms with E-state index in [2.05, 4.69) is 13.8 Å². The number of ether oxygens (including phenoxy) is 2. The fourth-order valence-electron chi connectivity index (χ4n) is 3.39. The lowest BCUT2D eigenvalue weighted by Gasteiger charge is -2.08. The predicted octanol–water partition coefficient (Wildman–Crippen LogP) is 6.78. The Morgan fingerprint density at radius 2 is 1.14 bits per heavy atom. The summed E-state index contributed by atoms with van der Waals surface area (Å²) in [6.07, 6.45) is 8.27. The second-order valence-corrected chi connectivity index (χ2v) is 9.14. The lowest BCUT2D eigenvalue weighted by Crippen LogP contribution is -2.07. The van der Waals surface area contributed by atoms with Gasteiger partial charge in [0.15, 0.2) is 0 Å². The molecule has 4 nitrogen and oxygen atoms in total. The van der Waals surface area contributed by atoms with Gasteiger partial charge in [-0.1, -0.05) is 39.5 Å². The summed E-state index contributed by atoms with van der Waals surface area (Å²) in [5.41, 5.74) is 2.15. The third-order valence-electron chi connectivity index (χ3n) is 4.73. The molecule has 0 amide bonds. The molecule has 0 saturated heterocycles. The Balaban J connectivity index is 2.55. The summed E-state index contributed by atoms with van der Waals surface area (Å²) >= 11 is 2.95. The zero-order chi connectivity index (χ0) is 20.5. The van der Waals surface area contributed by atoms with Crippen molar-refractivity contribution >= 4 is 44.0 Å². The first-order valence-electron chi connectivity index (χ1n) is 10.5. The van der Waals surface area contributed by atoms with Gasteiger partial charge in [0.1, 0.15) is 9.75 Å². The quantitative estimate of drug-likeness (QED) is 0.278. The minimum Gasteiger partial charge on any atom is -0.462 e. The number of hydrogen-bond donors (Lipinski definition) is 0. The van der Waals surface area contributed by atoms with E-state index in [9.17, 15) is 9.59 Å². The largest absolute Gasteiger partial charge is 0.462 e. The van der Waals surface area contributed by atoms with Crippen molar-refractivity contribution in [1.82, 2.24) is 0 Å². The van der Waals surface area contributed by atoms with Gasteiger partial charge in [-0.05, 0) is 50.7 Å². The summed E-state index contributed by atoms with van der Waals surface area (Å²) in [5.74, 6) is -0.473. The minimum atomic E-state index is -0.236. The molecule has 0 aromatic carbocycles. The highest BCUT2D eigenvalue weighted by Gasteiger charge is 2.27. The molecular formula is C22H32O4S2. The first-order valence-corrected chi connectivity index (χ1v) is 12.1. The molecule has 0 aliphatic carbocycles. The predicted molar refractivity (Wildman–Crippen MR) is 118 cm³/mol. The molecule has 2 heterocycles. The average molecular weight is 425 g/mol. The van der Waals surface area contributed by atoms with Gasteiger partial charge in [0.05, 0.1) is 17.2 Å². The maximum Gasteiger partial charge on any atom is 0.348 e. The van der Waals surface area contributed by atoms with Gasteiger partial charge in [-0.15, -0.1) is 22.7 Å². The number of rotatable bonds is 12. The third-order valence-corrected chi connectivity index (χ3v) is 7.24. The zero-order valence-electron chi connectivity index (χ0n) is 17.5. The summed E-state index contributed by atoms with van der Waals surface area (Å²) in [6.45, 7) is 8.76. The van der Waals surface area contributed by atoms with Crippen molar-refractivity contribution in [3.8, 4) is 0 Å². The number of unbranched alkanes of at least 4 members (excludes halogenated alkanes) is 4. The van der Waals surface area contributed by atoms with E-state index < -0.39 is 0 Å².